The zero-order chi connectivity index (χ0) is 16.2. The highest BCUT2D eigenvalue weighted by Gasteiger charge is 2.40. The first-order valence-corrected chi connectivity index (χ1v) is 8.85. The lowest BCUT2D eigenvalue weighted by Gasteiger charge is -2.22. The minimum absolute atomic E-state index is 0.0204. The molecule has 1 atom stereocenters. The molecule has 0 saturated carbocycles. The molecule has 2 amide bonds. The summed E-state index contributed by atoms with van der Waals surface area (Å²) in [7, 11) is 0. The number of hydrogen-bond donors (Lipinski definition) is 0. The van der Waals surface area contributed by atoms with Gasteiger partial charge in [-0.3, -0.25) is 14.5 Å². The summed E-state index contributed by atoms with van der Waals surface area (Å²) in [6.45, 7) is 2.75. The number of hydrogen-bond acceptors (Lipinski definition) is 2. The van der Waals surface area contributed by atoms with E-state index in [-0.39, 0.29) is 11.8 Å². The van der Waals surface area contributed by atoms with Crippen molar-refractivity contribution in [2.24, 2.45) is 0 Å². The molecule has 23 heavy (non-hydrogen) atoms. The summed E-state index contributed by atoms with van der Waals surface area (Å²) in [5.74, 6) is 0.321. The van der Waals surface area contributed by atoms with E-state index in [1.807, 2.05) is 18.2 Å². The number of unbranched alkanes of at least 4 members (excludes halogenated alkanes) is 3. The molecule has 122 valence electrons. The molecule has 1 aromatic carbocycles. The topological polar surface area (TPSA) is 37.4 Å². The predicted octanol–water partition coefficient (Wildman–Crippen LogP) is 4.20. The molecule has 2 aliphatic rings. The van der Waals surface area contributed by atoms with E-state index in [1.165, 1.54) is 16.9 Å². The highest BCUT2D eigenvalue weighted by molar-refractivity contribution is 6.19. The molecule has 0 radical (unpaired) electrons. The molecule has 0 saturated heterocycles. The van der Waals surface area contributed by atoms with Crippen molar-refractivity contribution in [2.45, 2.75) is 57.8 Å². The molecular formula is C20H25NO2. The first-order valence-electron chi connectivity index (χ1n) is 8.85. The molecule has 0 N–H and O–H groups in total. The van der Waals surface area contributed by atoms with Crippen LogP contribution < -0.4 is 0 Å². The van der Waals surface area contributed by atoms with E-state index >= 15 is 0 Å². The summed E-state index contributed by atoms with van der Waals surface area (Å²) >= 11 is 0. The van der Waals surface area contributed by atoms with Crippen LogP contribution in [-0.4, -0.2) is 23.3 Å². The third-order valence-electron chi connectivity index (χ3n) is 5.07. The van der Waals surface area contributed by atoms with Gasteiger partial charge in [0.1, 0.15) is 0 Å². The predicted molar refractivity (Wildman–Crippen MR) is 90.9 cm³/mol. The van der Waals surface area contributed by atoms with E-state index in [0.29, 0.717) is 12.5 Å². The summed E-state index contributed by atoms with van der Waals surface area (Å²) in [5, 5.41) is 0. The number of nitrogens with zero attached hydrogens (tertiary/aromatic N) is 1. The first kappa shape index (κ1) is 16.0. The van der Waals surface area contributed by atoms with E-state index in [1.54, 1.807) is 0 Å². The molecule has 3 nitrogen and oxygen atoms in total. The fraction of sp³-hybridized carbons (Fsp3) is 0.500. The van der Waals surface area contributed by atoms with Gasteiger partial charge in [-0.15, -0.1) is 0 Å². The van der Waals surface area contributed by atoms with Crippen LogP contribution in [0, 0.1) is 0 Å². The van der Waals surface area contributed by atoms with Gasteiger partial charge in [0.05, 0.1) is 0 Å². The third kappa shape index (κ3) is 3.24. The summed E-state index contributed by atoms with van der Waals surface area (Å²) in [4.78, 5) is 26.6. The Morgan fingerprint density at radius 3 is 2.48 bits per heavy atom. The van der Waals surface area contributed by atoms with Gasteiger partial charge in [0, 0.05) is 17.7 Å². The van der Waals surface area contributed by atoms with Gasteiger partial charge in [0.15, 0.2) is 0 Å². The van der Waals surface area contributed by atoms with Gasteiger partial charge in [0.25, 0.3) is 11.8 Å². The SMILES string of the molecule is CCCCCCN1C(=O)C2=C(CC(c3ccccc3)CC2)C1=O. The summed E-state index contributed by atoms with van der Waals surface area (Å²) in [6.07, 6.45) is 6.76. The number of carbonyl (C=O) groups is 2. The highest BCUT2D eigenvalue weighted by Crippen LogP contribution is 2.40. The number of rotatable bonds is 6. The number of amides is 2. The molecule has 0 fully saturated rings. The van der Waals surface area contributed by atoms with Gasteiger partial charge in [0.2, 0.25) is 0 Å². The maximum Gasteiger partial charge on any atom is 0.257 e. The summed E-state index contributed by atoms with van der Waals surface area (Å²) in [6, 6.07) is 10.3. The van der Waals surface area contributed by atoms with Crippen molar-refractivity contribution >= 4 is 11.8 Å². The second-order valence-electron chi connectivity index (χ2n) is 6.63. The number of carbonyl (C=O) groups excluding carboxylic acids is 2. The largest absolute Gasteiger partial charge is 0.275 e. The quantitative estimate of drug-likeness (QED) is 0.583. The minimum Gasteiger partial charge on any atom is -0.275 e. The van der Waals surface area contributed by atoms with Crippen LogP contribution >= 0.6 is 0 Å². The molecular weight excluding hydrogens is 286 g/mol. The van der Waals surface area contributed by atoms with Crippen molar-refractivity contribution in [1.82, 2.24) is 4.90 Å². The third-order valence-corrected chi connectivity index (χ3v) is 5.07. The Labute approximate surface area is 138 Å². The normalized spacial score (nSPS) is 21.1. The lowest BCUT2D eigenvalue weighted by molar-refractivity contribution is -0.137. The average Bonchev–Trinajstić information content (AvgIpc) is 2.83. The molecule has 0 aromatic heterocycles. The maximum atomic E-state index is 12.6. The van der Waals surface area contributed by atoms with Crippen LogP contribution in [0.25, 0.3) is 0 Å². The summed E-state index contributed by atoms with van der Waals surface area (Å²) < 4.78 is 0. The van der Waals surface area contributed by atoms with Crippen LogP contribution in [0.1, 0.15) is 63.4 Å². The number of benzene rings is 1. The fourth-order valence-electron chi connectivity index (χ4n) is 3.72. The molecule has 0 spiro atoms. The fourth-order valence-corrected chi connectivity index (χ4v) is 3.72. The van der Waals surface area contributed by atoms with Crippen LogP contribution in [0.15, 0.2) is 41.5 Å². The van der Waals surface area contributed by atoms with E-state index < -0.39 is 0 Å². The zero-order valence-electron chi connectivity index (χ0n) is 13.9. The lowest BCUT2D eigenvalue weighted by atomic mass is 9.81. The monoisotopic (exact) mass is 311 g/mol. The van der Waals surface area contributed by atoms with Crippen molar-refractivity contribution in [3.05, 3.63) is 47.0 Å². The van der Waals surface area contributed by atoms with E-state index in [4.69, 9.17) is 0 Å². The van der Waals surface area contributed by atoms with E-state index in [0.717, 1.165) is 49.7 Å². The van der Waals surface area contributed by atoms with Gasteiger partial charge in [-0.2, -0.15) is 0 Å². The number of imide groups is 1. The van der Waals surface area contributed by atoms with Crippen LogP contribution in [0.3, 0.4) is 0 Å². The van der Waals surface area contributed by atoms with Gasteiger partial charge in [-0.25, -0.2) is 0 Å². The van der Waals surface area contributed by atoms with Gasteiger partial charge < -0.3 is 0 Å². The van der Waals surface area contributed by atoms with Crippen molar-refractivity contribution in [2.75, 3.05) is 6.54 Å². The Morgan fingerprint density at radius 2 is 1.74 bits per heavy atom. The molecule has 0 bridgehead atoms. The molecule has 1 aromatic rings. The first-order chi connectivity index (χ1) is 11.2. The Hall–Kier alpha value is -1.90. The highest BCUT2D eigenvalue weighted by atomic mass is 16.2. The Balaban J connectivity index is 1.67. The Morgan fingerprint density at radius 1 is 1.00 bits per heavy atom. The molecule has 1 aliphatic heterocycles. The Bertz CT molecular complexity index is 618. The minimum atomic E-state index is -0.0258. The van der Waals surface area contributed by atoms with Gasteiger partial charge >= 0.3 is 0 Å². The second kappa shape index (κ2) is 7.12. The van der Waals surface area contributed by atoms with Gasteiger partial charge in [-0.1, -0.05) is 56.5 Å². The van der Waals surface area contributed by atoms with Crippen LogP contribution in [0.4, 0.5) is 0 Å². The zero-order valence-corrected chi connectivity index (χ0v) is 13.9. The van der Waals surface area contributed by atoms with Crippen molar-refractivity contribution in [3.8, 4) is 0 Å². The molecule has 1 heterocycles. The standard InChI is InChI=1S/C20H25NO2/c1-2-3-4-8-13-21-19(22)17-12-11-16(14-18(17)20(21)23)15-9-6-5-7-10-15/h5-7,9-10,16H,2-4,8,11-14H2,1H3. The Kier molecular flexibility index (Phi) is 4.94. The van der Waals surface area contributed by atoms with Crippen molar-refractivity contribution in [1.29, 1.82) is 0 Å². The van der Waals surface area contributed by atoms with Crippen LogP contribution in [0.5, 0.6) is 0 Å². The van der Waals surface area contributed by atoms with Crippen LogP contribution in [-0.2, 0) is 9.59 Å². The van der Waals surface area contributed by atoms with Crippen LogP contribution in [0.2, 0.25) is 0 Å². The van der Waals surface area contributed by atoms with Crippen molar-refractivity contribution in [3.63, 3.8) is 0 Å². The molecule has 1 aliphatic carbocycles. The maximum absolute atomic E-state index is 12.6. The average molecular weight is 311 g/mol. The summed E-state index contributed by atoms with van der Waals surface area (Å²) in [5.41, 5.74) is 2.85. The lowest BCUT2D eigenvalue weighted by Crippen LogP contribution is -2.32. The smallest absolute Gasteiger partial charge is 0.257 e. The van der Waals surface area contributed by atoms with E-state index in [2.05, 4.69) is 19.1 Å². The second-order valence-corrected chi connectivity index (χ2v) is 6.63. The van der Waals surface area contributed by atoms with Gasteiger partial charge in [-0.05, 0) is 37.2 Å². The molecule has 1 unspecified atom stereocenters. The van der Waals surface area contributed by atoms with E-state index in [9.17, 15) is 9.59 Å². The molecule has 3 rings (SSSR count). The molecule has 3 heteroatoms. The van der Waals surface area contributed by atoms with Crippen molar-refractivity contribution < 1.29 is 9.59 Å².